The van der Waals surface area contributed by atoms with Crippen molar-refractivity contribution >= 4 is 11.7 Å². The lowest BCUT2D eigenvalue weighted by molar-refractivity contribution is -0.119. The minimum Gasteiger partial charge on any atom is -0.299 e. The fraction of sp³-hybridized carbons (Fsp3) is 0.571. The Hall–Kier alpha value is -1.38. The molecule has 0 N–H and O–H groups in total. The number of hydrogen-bond acceptors (Lipinski definition) is 2. The Morgan fingerprint density at radius 1 is 1.41 bits per heavy atom. The Labute approximate surface area is 103 Å². The van der Waals surface area contributed by atoms with E-state index in [0.29, 0.717) is 0 Å². The van der Waals surface area contributed by atoms with Gasteiger partial charge >= 0.3 is 0 Å². The van der Waals surface area contributed by atoms with Crippen molar-refractivity contribution < 1.29 is 4.79 Å². The monoisotopic (exact) mass is 232 g/mol. The van der Waals surface area contributed by atoms with Crippen LogP contribution in [0.25, 0.3) is 0 Å². The minimum atomic E-state index is 0.00167. The highest BCUT2D eigenvalue weighted by molar-refractivity contribution is 5.95. The second kappa shape index (κ2) is 4.13. The van der Waals surface area contributed by atoms with Crippen LogP contribution < -0.4 is 4.90 Å². The highest BCUT2D eigenvalue weighted by atomic mass is 16.2. The normalized spacial score (nSPS) is 15.8. The van der Waals surface area contributed by atoms with Crippen molar-refractivity contribution in [2.24, 2.45) is 5.92 Å². The number of carbonyl (C=O) groups is 1. The van der Waals surface area contributed by atoms with E-state index in [-0.39, 0.29) is 17.2 Å². The molecule has 1 saturated carbocycles. The first kappa shape index (κ1) is 12.1. The van der Waals surface area contributed by atoms with Gasteiger partial charge in [-0.25, -0.2) is 4.98 Å². The summed E-state index contributed by atoms with van der Waals surface area (Å²) < 4.78 is 0. The first-order valence-electron chi connectivity index (χ1n) is 6.14. The first-order valence-corrected chi connectivity index (χ1v) is 6.14. The van der Waals surface area contributed by atoms with Gasteiger partial charge in [0.1, 0.15) is 5.82 Å². The molecule has 17 heavy (non-hydrogen) atoms. The SMILES string of the molecule is CN(C(=O)C1CC1)c1ncccc1C(C)(C)C. The molecule has 3 heteroatoms. The van der Waals surface area contributed by atoms with Gasteiger partial charge in [-0.05, 0) is 24.3 Å². The molecule has 1 amide bonds. The van der Waals surface area contributed by atoms with E-state index in [4.69, 9.17) is 0 Å². The lowest BCUT2D eigenvalue weighted by Gasteiger charge is -2.26. The van der Waals surface area contributed by atoms with E-state index in [0.717, 1.165) is 24.2 Å². The molecule has 0 spiro atoms. The molecule has 0 saturated heterocycles. The summed E-state index contributed by atoms with van der Waals surface area (Å²) in [5, 5.41) is 0. The number of carbonyl (C=O) groups excluding carboxylic acids is 1. The van der Waals surface area contributed by atoms with Crippen molar-refractivity contribution in [1.29, 1.82) is 0 Å². The molecule has 0 radical (unpaired) electrons. The second-order valence-electron chi connectivity index (χ2n) is 5.80. The lowest BCUT2D eigenvalue weighted by Crippen LogP contribution is -2.31. The van der Waals surface area contributed by atoms with Crippen molar-refractivity contribution in [3.05, 3.63) is 23.9 Å². The van der Waals surface area contributed by atoms with E-state index < -0.39 is 0 Å². The summed E-state index contributed by atoms with van der Waals surface area (Å²) in [5.74, 6) is 1.24. The minimum absolute atomic E-state index is 0.00167. The predicted molar refractivity (Wildman–Crippen MR) is 69.1 cm³/mol. The van der Waals surface area contributed by atoms with Gasteiger partial charge in [-0.1, -0.05) is 26.8 Å². The standard InChI is InChI=1S/C14H20N2O/c1-14(2,3)11-6-5-9-15-12(11)16(4)13(17)10-7-8-10/h5-6,9-10H,7-8H2,1-4H3. The van der Waals surface area contributed by atoms with E-state index in [1.807, 2.05) is 13.1 Å². The molecule has 1 aromatic heterocycles. The zero-order chi connectivity index (χ0) is 12.6. The molecular formula is C14H20N2O. The fourth-order valence-electron chi connectivity index (χ4n) is 1.96. The Morgan fingerprint density at radius 3 is 2.59 bits per heavy atom. The summed E-state index contributed by atoms with van der Waals surface area (Å²) in [6.07, 6.45) is 3.81. The third kappa shape index (κ3) is 2.48. The predicted octanol–water partition coefficient (Wildman–Crippen LogP) is 2.75. The third-order valence-electron chi connectivity index (χ3n) is 3.17. The van der Waals surface area contributed by atoms with Crippen LogP contribution in [0, 0.1) is 5.92 Å². The van der Waals surface area contributed by atoms with Crippen LogP contribution in [0.15, 0.2) is 18.3 Å². The maximum absolute atomic E-state index is 12.1. The van der Waals surface area contributed by atoms with Gasteiger partial charge in [0.2, 0.25) is 5.91 Å². The molecule has 1 aromatic rings. The van der Waals surface area contributed by atoms with Crippen LogP contribution in [0.1, 0.15) is 39.2 Å². The van der Waals surface area contributed by atoms with Crippen LogP contribution in [0.2, 0.25) is 0 Å². The Kier molecular flexibility index (Phi) is 2.94. The molecular weight excluding hydrogens is 212 g/mol. The summed E-state index contributed by atoms with van der Waals surface area (Å²) in [7, 11) is 1.83. The largest absolute Gasteiger partial charge is 0.299 e. The van der Waals surface area contributed by atoms with Crippen LogP contribution in [-0.2, 0) is 10.2 Å². The molecule has 1 fully saturated rings. The highest BCUT2D eigenvalue weighted by Gasteiger charge is 2.34. The van der Waals surface area contributed by atoms with Gasteiger partial charge in [0.25, 0.3) is 0 Å². The van der Waals surface area contributed by atoms with Crippen LogP contribution in [0.5, 0.6) is 0 Å². The van der Waals surface area contributed by atoms with Gasteiger partial charge in [-0.15, -0.1) is 0 Å². The van der Waals surface area contributed by atoms with E-state index in [1.165, 1.54) is 0 Å². The average Bonchev–Trinajstić information content (AvgIpc) is 3.10. The number of rotatable bonds is 2. The van der Waals surface area contributed by atoms with Crippen molar-refractivity contribution in [2.75, 3.05) is 11.9 Å². The molecule has 0 atom stereocenters. The summed E-state index contributed by atoms with van der Waals surface area (Å²) in [5.41, 5.74) is 1.12. The van der Waals surface area contributed by atoms with Crippen molar-refractivity contribution in [3.8, 4) is 0 Å². The fourth-order valence-corrected chi connectivity index (χ4v) is 1.96. The molecule has 0 unspecified atom stereocenters. The quantitative estimate of drug-likeness (QED) is 0.785. The molecule has 3 nitrogen and oxygen atoms in total. The van der Waals surface area contributed by atoms with Crippen molar-refractivity contribution in [3.63, 3.8) is 0 Å². The first-order chi connectivity index (χ1) is 7.91. The van der Waals surface area contributed by atoms with Crippen LogP contribution in [-0.4, -0.2) is 17.9 Å². The van der Waals surface area contributed by atoms with E-state index >= 15 is 0 Å². The summed E-state index contributed by atoms with van der Waals surface area (Å²) in [4.78, 5) is 18.2. The third-order valence-corrected chi connectivity index (χ3v) is 3.17. The second-order valence-corrected chi connectivity index (χ2v) is 5.80. The number of pyridine rings is 1. The Morgan fingerprint density at radius 2 is 2.06 bits per heavy atom. The van der Waals surface area contributed by atoms with E-state index in [2.05, 4.69) is 31.8 Å². The summed E-state index contributed by atoms with van der Waals surface area (Å²) in [6, 6.07) is 3.98. The van der Waals surface area contributed by atoms with Gasteiger partial charge in [-0.2, -0.15) is 0 Å². The van der Waals surface area contributed by atoms with Gasteiger partial charge in [-0.3, -0.25) is 9.69 Å². The van der Waals surface area contributed by atoms with Gasteiger partial charge < -0.3 is 0 Å². The van der Waals surface area contributed by atoms with E-state index in [1.54, 1.807) is 11.1 Å². The smallest absolute Gasteiger partial charge is 0.230 e. The molecule has 1 aliphatic rings. The molecule has 1 aliphatic carbocycles. The number of amides is 1. The van der Waals surface area contributed by atoms with Gasteiger partial charge in [0.15, 0.2) is 0 Å². The summed E-state index contributed by atoms with van der Waals surface area (Å²) in [6.45, 7) is 6.43. The van der Waals surface area contributed by atoms with E-state index in [9.17, 15) is 4.79 Å². The lowest BCUT2D eigenvalue weighted by atomic mass is 9.87. The van der Waals surface area contributed by atoms with Crippen LogP contribution in [0.3, 0.4) is 0 Å². The zero-order valence-corrected chi connectivity index (χ0v) is 11.0. The summed E-state index contributed by atoms with van der Waals surface area (Å²) >= 11 is 0. The highest BCUT2D eigenvalue weighted by Crippen LogP contribution is 2.34. The number of anilines is 1. The van der Waals surface area contributed by atoms with Crippen LogP contribution in [0.4, 0.5) is 5.82 Å². The Bertz CT molecular complexity index is 430. The number of aromatic nitrogens is 1. The molecule has 0 aromatic carbocycles. The molecule has 1 heterocycles. The van der Waals surface area contributed by atoms with Gasteiger partial charge in [0, 0.05) is 24.7 Å². The number of hydrogen-bond donors (Lipinski definition) is 0. The van der Waals surface area contributed by atoms with Crippen LogP contribution >= 0.6 is 0 Å². The molecule has 2 rings (SSSR count). The molecule has 0 aliphatic heterocycles. The van der Waals surface area contributed by atoms with Crippen molar-refractivity contribution in [1.82, 2.24) is 4.98 Å². The number of nitrogens with zero attached hydrogens (tertiary/aromatic N) is 2. The van der Waals surface area contributed by atoms with Gasteiger partial charge in [0.05, 0.1) is 0 Å². The topological polar surface area (TPSA) is 33.2 Å². The maximum Gasteiger partial charge on any atom is 0.230 e. The maximum atomic E-state index is 12.1. The van der Waals surface area contributed by atoms with Crippen molar-refractivity contribution in [2.45, 2.75) is 39.0 Å². The zero-order valence-electron chi connectivity index (χ0n) is 11.0. The molecule has 92 valence electrons. The average molecular weight is 232 g/mol. The Balaban J connectivity index is 2.34. The molecule has 0 bridgehead atoms.